The van der Waals surface area contributed by atoms with Crippen LogP contribution in [-0.4, -0.2) is 36.8 Å². The maximum absolute atomic E-state index is 13.5. The highest BCUT2D eigenvalue weighted by molar-refractivity contribution is 8.01. The molecule has 0 radical (unpaired) electrons. The number of carbonyl (C=O) groups excluding carboxylic acids is 1. The van der Waals surface area contributed by atoms with Gasteiger partial charge in [-0.1, -0.05) is 59.0 Å². The van der Waals surface area contributed by atoms with Gasteiger partial charge in [-0.05, 0) is 50.1 Å². The Bertz CT molecular complexity index is 1220. The van der Waals surface area contributed by atoms with Crippen LogP contribution in [-0.2, 0) is 14.8 Å². The van der Waals surface area contributed by atoms with Crippen LogP contribution in [0.4, 0.5) is 10.8 Å². The summed E-state index contributed by atoms with van der Waals surface area (Å²) in [4.78, 5) is 13.0. The van der Waals surface area contributed by atoms with Crippen LogP contribution in [0, 0.1) is 20.8 Å². The molecule has 0 aliphatic carbocycles. The number of nitrogens with zero attached hydrogens (tertiary/aromatic N) is 3. The molecule has 10 heteroatoms. The molecule has 168 valence electrons. The van der Waals surface area contributed by atoms with Crippen molar-refractivity contribution < 1.29 is 13.2 Å². The second-order valence-corrected chi connectivity index (χ2v) is 11.2. The molecule has 0 aliphatic rings. The van der Waals surface area contributed by atoms with Crippen LogP contribution < -0.4 is 9.62 Å². The zero-order chi connectivity index (χ0) is 23.3. The van der Waals surface area contributed by atoms with Crippen molar-refractivity contribution in [2.24, 2.45) is 0 Å². The fourth-order valence-electron chi connectivity index (χ4n) is 2.86. The number of aromatic nitrogens is 2. The molecule has 2 aromatic carbocycles. The van der Waals surface area contributed by atoms with Crippen LogP contribution in [0.25, 0.3) is 0 Å². The van der Waals surface area contributed by atoms with E-state index in [1.807, 2.05) is 32.9 Å². The number of anilines is 2. The Balaban J connectivity index is 1.91. The molecule has 3 aromatic rings. The van der Waals surface area contributed by atoms with Crippen LogP contribution in [0.15, 0.2) is 64.4 Å². The zero-order valence-corrected chi connectivity index (χ0v) is 20.5. The largest absolute Gasteiger partial charge is 0.299 e. The number of benzene rings is 2. The molecule has 32 heavy (non-hydrogen) atoms. The fraction of sp³-hybridized carbons (Fsp3) is 0.227. The van der Waals surface area contributed by atoms with E-state index in [-0.39, 0.29) is 4.90 Å². The van der Waals surface area contributed by atoms with Gasteiger partial charge in [-0.3, -0.25) is 14.4 Å². The van der Waals surface area contributed by atoms with E-state index in [1.165, 1.54) is 23.1 Å². The number of aryl methyl sites for hydroxylation is 3. The third-order valence-electron chi connectivity index (χ3n) is 4.51. The summed E-state index contributed by atoms with van der Waals surface area (Å²) in [5.41, 5.74) is 3.04. The zero-order valence-electron chi connectivity index (χ0n) is 18.0. The Hall–Kier alpha value is -2.69. The second kappa shape index (κ2) is 10.3. The summed E-state index contributed by atoms with van der Waals surface area (Å²) in [6.45, 7) is 8.85. The Morgan fingerprint density at radius 2 is 1.81 bits per heavy atom. The molecule has 1 amide bonds. The summed E-state index contributed by atoms with van der Waals surface area (Å²) in [5, 5.41) is 11.0. The van der Waals surface area contributed by atoms with Gasteiger partial charge < -0.3 is 0 Å². The molecule has 0 aliphatic heterocycles. The average molecular weight is 489 g/mol. The number of nitrogens with one attached hydrogen (secondary N) is 1. The molecule has 3 rings (SSSR count). The van der Waals surface area contributed by atoms with E-state index >= 15 is 0 Å². The monoisotopic (exact) mass is 488 g/mol. The molecular weight excluding hydrogens is 464 g/mol. The predicted octanol–water partition coefficient (Wildman–Crippen LogP) is 4.58. The van der Waals surface area contributed by atoms with E-state index in [9.17, 15) is 13.2 Å². The highest BCUT2D eigenvalue weighted by atomic mass is 32.2. The third-order valence-corrected chi connectivity index (χ3v) is 8.25. The van der Waals surface area contributed by atoms with Gasteiger partial charge in [0.05, 0.1) is 10.6 Å². The maximum Gasteiger partial charge on any atom is 0.264 e. The number of carbonyl (C=O) groups is 1. The van der Waals surface area contributed by atoms with E-state index < -0.39 is 22.5 Å². The minimum absolute atomic E-state index is 0.121. The SMILES string of the molecule is C=CCSc1nnc(NC(=O)CN(c2cc(C)ccc2C)S(=O)(=O)c2ccc(C)cc2)s1. The van der Waals surface area contributed by atoms with Crippen LogP contribution in [0.5, 0.6) is 0 Å². The lowest BCUT2D eigenvalue weighted by Gasteiger charge is -2.26. The highest BCUT2D eigenvalue weighted by Crippen LogP contribution is 2.29. The maximum atomic E-state index is 13.5. The Kier molecular flexibility index (Phi) is 7.70. The van der Waals surface area contributed by atoms with E-state index in [1.54, 1.807) is 36.4 Å². The van der Waals surface area contributed by atoms with E-state index in [0.29, 0.717) is 20.9 Å². The topological polar surface area (TPSA) is 92.3 Å². The fourth-order valence-corrected chi connectivity index (χ4v) is 5.87. The van der Waals surface area contributed by atoms with Crippen LogP contribution in [0.1, 0.15) is 16.7 Å². The molecule has 0 bridgehead atoms. The molecule has 0 saturated carbocycles. The first-order valence-electron chi connectivity index (χ1n) is 9.74. The number of sulfonamides is 1. The van der Waals surface area contributed by atoms with Gasteiger partial charge in [0.25, 0.3) is 10.0 Å². The van der Waals surface area contributed by atoms with Gasteiger partial charge in [-0.25, -0.2) is 8.42 Å². The number of thioether (sulfide) groups is 1. The van der Waals surface area contributed by atoms with Gasteiger partial charge in [0.2, 0.25) is 11.0 Å². The Morgan fingerprint density at radius 1 is 1.12 bits per heavy atom. The molecule has 0 unspecified atom stereocenters. The molecule has 0 saturated heterocycles. The molecular formula is C22H24N4O3S3. The number of hydrogen-bond acceptors (Lipinski definition) is 7. The molecule has 1 aromatic heterocycles. The summed E-state index contributed by atoms with van der Waals surface area (Å²) in [6.07, 6.45) is 1.75. The number of amides is 1. The van der Waals surface area contributed by atoms with E-state index in [2.05, 4.69) is 22.1 Å². The molecule has 1 N–H and O–H groups in total. The summed E-state index contributed by atoms with van der Waals surface area (Å²) >= 11 is 2.68. The Morgan fingerprint density at radius 3 is 2.50 bits per heavy atom. The lowest BCUT2D eigenvalue weighted by Crippen LogP contribution is -2.38. The molecule has 7 nitrogen and oxygen atoms in total. The van der Waals surface area contributed by atoms with Gasteiger partial charge in [0, 0.05) is 5.75 Å². The van der Waals surface area contributed by atoms with Crippen molar-refractivity contribution >= 4 is 49.8 Å². The third kappa shape index (κ3) is 5.76. The molecule has 1 heterocycles. The smallest absolute Gasteiger partial charge is 0.264 e. The lowest BCUT2D eigenvalue weighted by atomic mass is 10.1. The van der Waals surface area contributed by atoms with Crippen LogP contribution in [0.2, 0.25) is 0 Å². The van der Waals surface area contributed by atoms with Crippen molar-refractivity contribution in [3.05, 3.63) is 71.8 Å². The first-order chi connectivity index (χ1) is 15.2. The second-order valence-electron chi connectivity index (χ2n) is 7.14. The number of rotatable bonds is 9. The van der Waals surface area contributed by atoms with Crippen molar-refractivity contribution in [3.8, 4) is 0 Å². The minimum atomic E-state index is -3.98. The van der Waals surface area contributed by atoms with Crippen LogP contribution in [0.3, 0.4) is 0 Å². The minimum Gasteiger partial charge on any atom is -0.299 e. The van der Waals surface area contributed by atoms with Crippen molar-refractivity contribution in [2.75, 3.05) is 21.9 Å². The van der Waals surface area contributed by atoms with Gasteiger partial charge in [-0.2, -0.15) is 0 Å². The molecule has 0 fully saturated rings. The van der Waals surface area contributed by atoms with Gasteiger partial charge in [-0.15, -0.1) is 16.8 Å². The highest BCUT2D eigenvalue weighted by Gasteiger charge is 2.28. The van der Waals surface area contributed by atoms with Crippen molar-refractivity contribution in [1.29, 1.82) is 0 Å². The summed E-state index contributed by atoms with van der Waals surface area (Å²) in [7, 11) is -3.98. The molecule has 0 spiro atoms. The van der Waals surface area contributed by atoms with Gasteiger partial charge in [0.15, 0.2) is 4.34 Å². The normalized spacial score (nSPS) is 11.2. The lowest BCUT2D eigenvalue weighted by molar-refractivity contribution is -0.114. The van der Waals surface area contributed by atoms with Gasteiger partial charge in [0.1, 0.15) is 6.54 Å². The molecule has 0 atom stereocenters. The quantitative estimate of drug-likeness (QED) is 0.269. The van der Waals surface area contributed by atoms with Gasteiger partial charge >= 0.3 is 0 Å². The number of hydrogen-bond donors (Lipinski definition) is 1. The Labute approximate surface area is 196 Å². The summed E-state index contributed by atoms with van der Waals surface area (Å²) in [5.74, 6) is 0.177. The van der Waals surface area contributed by atoms with E-state index in [4.69, 9.17) is 0 Å². The van der Waals surface area contributed by atoms with Crippen LogP contribution >= 0.6 is 23.1 Å². The van der Waals surface area contributed by atoms with Crippen molar-refractivity contribution in [1.82, 2.24) is 10.2 Å². The summed E-state index contributed by atoms with van der Waals surface area (Å²) in [6, 6.07) is 12.1. The standard InChI is InChI=1S/C22H24N4O3S3/c1-5-12-30-22-25-24-21(31-22)23-20(27)14-26(19-13-16(3)6-9-17(19)4)32(28,29)18-10-7-15(2)8-11-18/h5-11,13H,1,12,14H2,2-4H3,(H,23,24,27). The van der Waals surface area contributed by atoms with Crippen molar-refractivity contribution in [3.63, 3.8) is 0 Å². The first-order valence-corrected chi connectivity index (χ1v) is 13.0. The summed E-state index contributed by atoms with van der Waals surface area (Å²) < 4.78 is 28.9. The predicted molar refractivity (Wildman–Crippen MR) is 131 cm³/mol. The first kappa shape index (κ1) is 24.0. The van der Waals surface area contributed by atoms with E-state index in [0.717, 1.165) is 21.0 Å². The average Bonchev–Trinajstić information content (AvgIpc) is 3.19. The van der Waals surface area contributed by atoms with Crippen molar-refractivity contribution in [2.45, 2.75) is 30.0 Å².